The largest absolute Gasteiger partial charge is 0.322 e. The molecule has 1 aromatic carbocycles. The van der Waals surface area contributed by atoms with Gasteiger partial charge in [-0.1, -0.05) is 36.9 Å². The lowest BCUT2D eigenvalue weighted by molar-refractivity contribution is 0.153. The number of hydrogen-bond donors (Lipinski definition) is 0. The van der Waals surface area contributed by atoms with E-state index < -0.39 is 4.83 Å². The Labute approximate surface area is 90.8 Å². The van der Waals surface area contributed by atoms with E-state index in [0.29, 0.717) is 12.8 Å². The molecule has 14 heavy (non-hydrogen) atoms. The van der Waals surface area contributed by atoms with Gasteiger partial charge in [-0.2, -0.15) is 8.78 Å². The average molecular weight is 261 g/mol. The van der Waals surface area contributed by atoms with Gasteiger partial charge < -0.3 is 0 Å². The molecule has 0 aromatic heterocycles. The first-order valence-electron chi connectivity index (χ1n) is 4.29. The standard InChI is InChI=1S/C11H11BrF2/c1-9(11(12,13)14)7-8-10-5-3-2-4-6-10/h2-6H,1,7-8H2. The predicted molar refractivity (Wildman–Crippen MR) is 57.8 cm³/mol. The Morgan fingerprint density at radius 1 is 1.29 bits per heavy atom. The maximum absolute atomic E-state index is 12.6. The predicted octanol–water partition coefficient (Wildman–Crippen LogP) is 4.16. The van der Waals surface area contributed by atoms with Crippen LogP contribution in [-0.2, 0) is 6.42 Å². The van der Waals surface area contributed by atoms with E-state index in [1.807, 2.05) is 30.3 Å². The Balaban J connectivity index is 2.46. The molecule has 0 radical (unpaired) electrons. The highest BCUT2D eigenvalue weighted by Gasteiger charge is 2.27. The molecule has 0 fully saturated rings. The quantitative estimate of drug-likeness (QED) is 0.563. The topological polar surface area (TPSA) is 0 Å². The SMILES string of the molecule is C=C(CCc1ccccc1)C(F)(F)Br. The number of allylic oxidation sites excluding steroid dienone is 1. The second-order valence-corrected chi connectivity index (χ2v) is 4.08. The lowest BCUT2D eigenvalue weighted by Gasteiger charge is -2.11. The molecule has 0 N–H and O–H groups in total. The Kier molecular flexibility index (Phi) is 3.81. The van der Waals surface area contributed by atoms with Gasteiger partial charge in [0.05, 0.1) is 0 Å². The van der Waals surface area contributed by atoms with E-state index in [9.17, 15) is 8.78 Å². The van der Waals surface area contributed by atoms with Gasteiger partial charge in [0.2, 0.25) is 0 Å². The van der Waals surface area contributed by atoms with Crippen LogP contribution >= 0.6 is 15.9 Å². The van der Waals surface area contributed by atoms with Crippen LogP contribution < -0.4 is 0 Å². The lowest BCUT2D eigenvalue weighted by atomic mass is 10.1. The summed E-state index contributed by atoms with van der Waals surface area (Å²) in [6, 6.07) is 9.52. The normalized spacial score (nSPS) is 11.4. The Morgan fingerprint density at radius 2 is 1.86 bits per heavy atom. The Bertz CT molecular complexity index is 301. The fourth-order valence-corrected chi connectivity index (χ4v) is 1.28. The van der Waals surface area contributed by atoms with E-state index in [-0.39, 0.29) is 5.57 Å². The van der Waals surface area contributed by atoms with Crippen LogP contribution in [-0.4, -0.2) is 4.83 Å². The van der Waals surface area contributed by atoms with E-state index in [4.69, 9.17) is 0 Å². The molecule has 0 heterocycles. The molecule has 0 unspecified atom stereocenters. The second kappa shape index (κ2) is 4.69. The molecular formula is C11H11BrF2. The van der Waals surface area contributed by atoms with E-state index in [0.717, 1.165) is 5.56 Å². The van der Waals surface area contributed by atoms with Crippen molar-refractivity contribution in [2.75, 3.05) is 0 Å². The number of alkyl halides is 3. The third-order valence-electron chi connectivity index (χ3n) is 1.96. The van der Waals surface area contributed by atoms with Gasteiger partial charge in [-0.05, 0) is 34.3 Å². The van der Waals surface area contributed by atoms with Crippen molar-refractivity contribution in [1.82, 2.24) is 0 Å². The van der Waals surface area contributed by atoms with Crippen molar-refractivity contribution in [2.45, 2.75) is 17.7 Å². The van der Waals surface area contributed by atoms with Crippen molar-refractivity contribution in [3.63, 3.8) is 0 Å². The molecule has 1 rings (SSSR count). The molecule has 0 aliphatic carbocycles. The first kappa shape index (κ1) is 11.4. The van der Waals surface area contributed by atoms with Gasteiger partial charge in [0.25, 0.3) is 0 Å². The Morgan fingerprint density at radius 3 is 2.36 bits per heavy atom. The van der Waals surface area contributed by atoms with Crippen LogP contribution in [0.2, 0.25) is 0 Å². The summed E-state index contributed by atoms with van der Waals surface area (Å²) < 4.78 is 25.3. The maximum Gasteiger partial charge on any atom is 0.322 e. The summed E-state index contributed by atoms with van der Waals surface area (Å²) in [5, 5.41) is 0. The van der Waals surface area contributed by atoms with Crippen LogP contribution in [0.15, 0.2) is 42.5 Å². The van der Waals surface area contributed by atoms with Crippen molar-refractivity contribution in [3.05, 3.63) is 48.0 Å². The molecule has 0 aliphatic heterocycles. The van der Waals surface area contributed by atoms with Gasteiger partial charge in [-0.15, -0.1) is 0 Å². The number of aryl methyl sites for hydroxylation is 1. The molecule has 0 spiro atoms. The highest BCUT2D eigenvalue weighted by Crippen LogP contribution is 2.32. The van der Waals surface area contributed by atoms with Crippen LogP contribution in [0.4, 0.5) is 8.78 Å². The molecular weight excluding hydrogens is 250 g/mol. The fraction of sp³-hybridized carbons (Fsp3) is 0.273. The molecule has 0 aliphatic rings. The number of benzene rings is 1. The zero-order valence-corrected chi connectivity index (χ0v) is 9.23. The van der Waals surface area contributed by atoms with Crippen molar-refractivity contribution in [3.8, 4) is 0 Å². The zero-order chi connectivity index (χ0) is 10.6. The third-order valence-corrected chi connectivity index (χ3v) is 2.52. The smallest absolute Gasteiger partial charge is 0.189 e. The minimum absolute atomic E-state index is 0.0821. The minimum Gasteiger partial charge on any atom is -0.189 e. The monoisotopic (exact) mass is 260 g/mol. The molecule has 0 bridgehead atoms. The van der Waals surface area contributed by atoms with Crippen molar-refractivity contribution >= 4 is 15.9 Å². The van der Waals surface area contributed by atoms with Crippen LogP contribution in [0.1, 0.15) is 12.0 Å². The van der Waals surface area contributed by atoms with Crippen molar-refractivity contribution in [2.24, 2.45) is 0 Å². The summed E-state index contributed by atoms with van der Waals surface area (Å²) in [5.74, 6) is 0. The van der Waals surface area contributed by atoms with Gasteiger partial charge in [-0.25, -0.2) is 0 Å². The number of rotatable bonds is 4. The molecule has 0 nitrogen and oxygen atoms in total. The van der Waals surface area contributed by atoms with Gasteiger partial charge in [0, 0.05) is 5.57 Å². The van der Waals surface area contributed by atoms with E-state index >= 15 is 0 Å². The molecule has 0 saturated heterocycles. The molecule has 1 aromatic rings. The minimum atomic E-state index is -2.94. The molecule has 0 saturated carbocycles. The second-order valence-electron chi connectivity index (χ2n) is 3.09. The number of halogens is 3. The maximum atomic E-state index is 12.6. The first-order valence-corrected chi connectivity index (χ1v) is 5.08. The van der Waals surface area contributed by atoms with Crippen molar-refractivity contribution in [1.29, 1.82) is 0 Å². The molecule has 0 amide bonds. The average Bonchev–Trinajstić information content (AvgIpc) is 2.14. The summed E-state index contributed by atoms with van der Waals surface area (Å²) in [5.41, 5.74) is 0.965. The third kappa shape index (κ3) is 3.58. The summed E-state index contributed by atoms with van der Waals surface area (Å²) in [4.78, 5) is -2.94. The van der Waals surface area contributed by atoms with Gasteiger partial charge in [0.15, 0.2) is 0 Å². The molecule has 3 heteroatoms. The van der Waals surface area contributed by atoms with Crippen LogP contribution in [0.5, 0.6) is 0 Å². The summed E-state index contributed by atoms with van der Waals surface area (Å²) in [6.07, 6.45) is 0.892. The van der Waals surface area contributed by atoms with E-state index in [2.05, 4.69) is 22.5 Å². The number of hydrogen-bond acceptors (Lipinski definition) is 0. The van der Waals surface area contributed by atoms with E-state index in [1.54, 1.807) is 0 Å². The Hall–Kier alpha value is -0.700. The van der Waals surface area contributed by atoms with Gasteiger partial charge >= 0.3 is 4.83 Å². The van der Waals surface area contributed by atoms with E-state index in [1.165, 1.54) is 0 Å². The molecule has 76 valence electrons. The van der Waals surface area contributed by atoms with Crippen LogP contribution in [0, 0.1) is 0 Å². The highest BCUT2D eigenvalue weighted by molar-refractivity contribution is 9.10. The lowest BCUT2D eigenvalue weighted by Crippen LogP contribution is -2.08. The fourth-order valence-electron chi connectivity index (χ4n) is 1.08. The van der Waals surface area contributed by atoms with Gasteiger partial charge in [0.1, 0.15) is 0 Å². The summed E-state index contributed by atoms with van der Waals surface area (Å²) in [6.45, 7) is 3.34. The summed E-state index contributed by atoms with van der Waals surface area (Å²) in [7, 11) is 0. The van der Waals surface area contributed by atoms with Crippen molar-refractivity contribution < 1.29 is 8.78 Å². The zero-order valence-electron chi connectivity index (χ0n) is 7.64. The van der Waals surface area contributed by atoms with Gasteiger partial charge in [-0.3, -0.25) is 0 Å². The first-order chi connectivity index (χ1) is 6.50. The highest BCUT2D eigenvalue weighted by atomic mass is 79.9. The van der Waals surface area contributed by atoms with Crippen LogP contribution in [0.3, 0.4) is 0 Å². The molecule has 0 atom stereocenters. The summed E-state index contributed by atoms with van der Waals surface area (Å²) >= 11 is 2.28. The van der Waals surface area contributed by atoms with Crippen LogP contribution in [0.25, 0.3) is 0 Å².